The highest BCUT2D eigenvalue weighted by Gasteiger charge is 2.31. The number of ether oxygens (including phenoxy) is 1. The zero-order valence-corrected chi connectivity index (χ0v) is 18.6. The number of methoxy groups -OCH3 is 1. The van der Waals surface area contributed by atoms with Crippen LogP contribution in [0.15, 0.2) is 21.8 Å². The van der Waals surface area contributed by atoms with Crippen molar-refractivity contribution in [3.8, 4) is 10.8 Å². The predicted octanol–water partition coefficient (Wildman–Crippen LogP) is 3.20. The number of nitrogens with one attached hydrogen (secondary N) is 1. The van der Waals surface area contributed by atoms with E-state index in [1.807, 2.05) is 0 Å². The fourth-order valence-corrected chi connectivity index (χ4v) is 6.24. The number of amides is 1. The van der Waals surface area contributed by atoms with Crippen LogP contribution in [-0.2, 0) is 32.2 Å². The molecular formula is C17H14ClN3O6S3. The third-order valence-electron chi connectivity index (χ3n) is 4.34. The molecule has 30 heavy (non-hydrogen) atoms. The van der Waals surface area contributed by atoms with E-state index in [4.69, 9.17) is 20.8 Å². The molecule has 0 atom stereocenters. The molecule has 0 saturated heterocycles. The molecule has 3 aromatic heterocycles. The monoisotopic (exact) mass is 487 g/mol. The number of halogens is 1. The van der Waals surface area contributed by atoms with E-state index in [0.717, 1.165) is 34.6 Å². The largest absolute Gasteiger partial charge is 0.465 e. The van der Waals surface area contributed by atoms with Crippen molar-refractivity contribution in [2.75, 3.05) is 18.2 Å². The number of aryl methyl sites for hydroxylation is 1. The molecule has 0 aromatic carbocycles. The molecule has 4 rings (SSSR count). The van der Waals surface area contributed by atoms with Crippen molar-refractivity contribution < 1.29 is 27.2 Å². The van der Waals surface area contributed by atoms with Crippen molar-refractivity contribution in [1.29, 1.82) is 0 Å². The summed E-state index contributed by atoms with van der Waals surface area (Å²) in [6.45, 7) is 0. The van der Waals surface area contributed by atoms with Crippen LogP contribution < -0.4 is 5.32 Å². The lowest BCUT2D eigenvalue weighted by atomic mass is 10.1. The van der Waals surface area contributed by atoms with Crippen LogP contribution in [0.4, 0.5) is 5.00 Å². The Balaban J connectivity index is 1.52. The number of hydrogen-bond donors (Lipinski definition) is 1. The Morgan fingerprint density at radius 2 is 2.07 bits per heavy atom. The highest BCUT2D eigenvalue weighted by Crippen LogP contribution is 2.39. The first-order chi connectivity index (χ1) is 14.3. The van der Waals surface area contributed by atoms with Gasteiger partial charge in [0, 0.05) is 4.88 Å². The van der Waals surface area contributed by atoms with Crippen molar-refractivity contribution in [1.82, 2.24) is 10.2 Å². The van der Waals surface area contributed by atoms with Gasteiger partial charge >= 0.3 is 11.2 Å². The van der Waals surface area contributed by atoms with Gasteiger partial charge in [-0.05, 0) is 37.0 Å². The Labute approximate surface area is 183 Å². The Morgan fingerprint density at radius 1 is 1.27 bits per heavy atom. The SMILES string of the molecule is COC(=O)c1c(NC(=O)CS(=O)(=O)c2nnc(-c3ccc(Cl)s3)o2)sc2c1CCC2. The molecule has 1 aliphatic carbocycles. The van der Waals surface area contributed by atoms with E-state index in [2.05, 4.69) is 15.5 Å². The van der Waals surface area contributed by atoms with Crippen molar-refractivity contribution in [2.45, 2.75) is 24.5 Å². The standard InChI is InChI=1S/C17H14ClN3O6S3/c1-26-16(23)13-8-3-2-4-9(8)29-15(13)19-12(22)7-30(24,25)17-21-20-14(27-17)10-5-6-11(18)28-10/h5-6H,2-4,7H2,1H3,(H,19,22). The molecule has 3 aromatic rings. The number of thiophene rings is 2. The van der Waals surface area contributed by atoms with E-state index in [0.29, 0.717) is 15.6 Å². The average molecular weight is 488 g/mol. The Bertz CT molecular complexity index is 1240. The smallest absolute Gasteiger partial charge is 0.341 e. The predicted molar refractivity (Wildman–Crippen MR) is 111 cm³/mol. The number of esters is 1. The highest BCUT2D eigenvalue weighted by atomic mass is 35.5. The van der Waals surface area contributed by atoms with Gasteiger partial charge < -0.3 is 14.5 Å². The van der Waals surface area contributed by atoms with Gasteiger partial charge in [-0.2, -0.15) is 0 Å². The maximum Gasteiger partial charge on any atom is 0.341 e. The number of fused-ring (bicyclic) bond motifs is 1. The summed E-state index contributed by atoms with van der Waals surface area (Å²) in [5.74, 6) is -2.31. The highest BCUT2D eigenvalue weighted by molar-refractivity contribution is 7.91. The molecule has 0 spiro atoms. The van der Waals surface area contributed by atoms with Gasteiger partial charge in [0.25, 0.3) is 5.89 Å². The van der Waals surface area contributed by atoms with Crippen LogP contribution in [0.5, 0.6) is 0 Å². The number of carbonyl (C=O) groups excluding carboxylic acids is 2. The fourth-order valence-electron chi connectivity index (χ4n) is 3.07. The van der Waals surface area contributed by atoms with Gasteiger partial charge in [0.2, 0.25) is 15.7 Å². The summed E-state index contributed by atoms with van der Waals surface area (Å²) >= 11 is 8.26. The first-order valence-corrected chi connectivity index (χ1v) is 12.3. The summed E-state index contributed by atoms with van der Waals surface area (Å²) < 4.78 is 35.6. The number of carbonyl (C=O) groups is 2. The molecule has 1 amide bonds. The lowest BCUT2D eigenvalue weighted by Crippen LogP contribution is -2.24. The second-order valence-corrected chi connectivity index (χ2v) is 11.0. The molecular weight excluding hydrogens is 474 g/mol. The minimum atomic E-state index is -4.19. The third kappa shape index (κ3) is 4.00. The summed E-state index contributed by atoms with van der Waals surface area (Å²) in [5.41, 5.74) is 1.14. The Hall–Kier alpha value is -2.28. The van der Waals surface area contributed by atoms with E-state index in [1.165, 1.54) is 18.4 Å². The van der Waals surface area contributed by atoms with E-state index in [1.54, 1.807) is 12.1 Å². The van der Waals surface area contributed by atoms with Crippen molar-refractivity contribution >= 4 is 61.0 Å². The normalized spacial score (nSPS) is 13.3. The molecule has 0 unspecified atom stereocenters. The molecule has 1 aliphatic rings. The van der Waals surface area contributed by atoms with Crippen molar-refractivity contribution in [3.63, 3.8) is 0 Å². The molecule has 0 saturated carbocycles. The zero-order chi connectivity index (χ0) is 21.5. The second kappa shape index (κ2) is 8.10. The quantitative estimate of drug-likeness (QED) is 0.525. The van der Waals surface area contributed by atoms with Crippen molar-refractivity contribution in [2.24, 2.45) is 0 Å². The fraction of sp³-hybridized carbons (Fsp3) is 0.294. The van der Waals surface area contributed by atoms with Gasteiger partial charge in [0.15, 0.2) is 0 Å². The number of sulfone groups is 1. The zero-order valence-electron chi connectivity index (χ0n) is 15.4. The number of aromatic nitrogens is 2. The second-order valence-electron chi connectivity index (χ2n) is 6.34. The van der Waals surface area contributed by atoms with Gasteiger partial charge in [-0.3, -0.25) is 4.79 Å². The maximum absolute atomic E-state index is 12.5. The van der Waals surface area contributed by atoms with E-state index in [-0.39, 0.29) is 16.5 Å². The molecule has 158 valence electrons. The van der Waals surface area contributed by atoms with E-state index >= 15 is 0 Å². The molecule has 0 fully saturated rings. The minimum Gasteiger partial charge on any atom is -0.465 e. The number of anilines is 1. The number of nitrogens with zero attached hydrogens (tertiary/aromatic N) is 2. The molecule has 9 nitrogen and oxygen atoms in total. The first-order valence-electron chi connectivity index (χ1n) is 8.63. The van der Waals surface area contributed by atoms with Gasteiger partial charge in [0.05, 0.1) is 21.9 Å². The van der Waals surface area contributed by atoms with E-state index in [9.17, 15) is 18.0 Å². The van der Waals surface area contributed by atoms with Gasteiger partial charge in [-0.1, -0.05) is 16.7 Å². The topological polar surface area (TPSA) is 128 Å². The number of rotatable bonds is 6. The molecule has 0 bridgehead atoms. The van der Waals surface area contributed by atoms with Crippen LogP contribution in [0.25, 0.3) is 10.8 Å². The van der Waals surface area contributed by atoms with Crippen LogP contribution in [0.3, 0.4) is 0 Å². The van der Waals surface area contributed by atoms with Crippen LogP contribution in [-0.4, -0.2) is 43.4 Å². The summed E-state index contributed by atoms with van der Waals surface area (Å²) in [6.07, 6.45) is 2.43. The van der Waals surface area contributed by atoms with E-state index < -0.39 is 32.7 Å². The molecule has 3 heterocycles. The van der Waals surface area contributed by atoms with Crippen LogP contribution in [0.2, 0.25) is 4.34 Å². The van der Waals surface area contributed by atoms with Crippen LogP contribution in [0, 0.1) is 0 Å². The van der Waals surface area contributed by atoms with Gasteiger partial charge in [-0.15, -0.1) is 27.8 Å². The number of hydrogen-bond acceptors (Lipinski definition) is 10. The summed E-state index contributed by atoms with van der Waals surface area (Å²) in [5, 5.41) is 9.38. The minimum absolute atomic E-state index is 0.00598. The van der Waals surface area contributed by atoms with Crippen molar-refractivity contribution in [3.05, 3.63) is 32.5 Å². The van der Waals surface area contributed by atoms with Crippen LogP contribution in [0.1, 0.15) is 27.2 Å². The Kier molecular flexibility index (Phi) is 5.66. The molecule has 0 aliphatic heterocycles. The Morgan fingerprint density at radius 3 is 2.77 bits per heavy atom. The van der Waals surface area contributed by atoms with Crippen LogP contribution >= 0.6 is 34.3 Å². The lowest BCUT2D eigenvalue weighted by molar-refractivity contribution is -0.113. The summed E-state index contributed by atoms with van der Waals surface area (Å²) in [6, 6.07) is 3.23. The summed E-state index contributed by atoms with van der Waals surface area (Å²) in [7, 11) is -2.93. The molecule has 1 N–H and O–H groups in total. The third-order valence-corrected chi connectivity index (χ3v) is 8.11. The maximum atomic E-state index is 12.5. The first kappa shape index (κ1) is 21.0. The molecule has 0 radical (unpaired) electrons. The average Bonchev–Trinajstić information content (AvgIpc) is 3.44. The summed E-state index contributed by atoms with van der Waals surface area (Å²) in [4.78, 5) is 26.1. The van der Waals surface area contributed by atoms with Gasteiger partial charge in [-0.25, -0.2) is 13.2 Å². The lowest BCUT2D eigenvalue weighted by Gasteiger charge is -2.06. The molecule has 13 heteroatoms. The van der Waals surface area contributed by atoms with Gasteiger partial charge in [0.1, 0.15) is 10.8 Å².